The Kier molecular flexibility index (Phi) is 10.7. The third-order valence-electron chi connectivity index (χ3n) is 8.08. The maximum absolute atomic E-state index is 14.0. The molecule has 3 saturated heterocycles. The van der Waals surface area contributed by atoms with Gasteiger partial charge in [-0.25, -0.2) is 0 Å². The second-order valence-electron chi connectivity index (χ2n) is 11.1. The summed E-state index contributed by atoms with van der Waals surface area (Å²) < 4.78 is 12.2. The topological polar surface area (TPSA) is 125 Å². The fraction of sp³-hybridized carbons (Fsp3) is 0.724. The largest absolute Gasteiger partial charge is 0.460 e. The number of fused-ring (bicyclic) bond motifs is 1. The first kappa shape index (κ1) is 30.8. The smallest absolute Gasteiger partial charge is 0.312 e. The van der Waals surface area contributed by atoms with Crippen LogP contribution >= 0.6 is 0 Å². The number of aliphatic hydroxyl groups excluding tert-OH is 1. The van der Waals surface area contributed by atoms with Crippen molar-refractivity contribution >= 4 is 23.7 Å². The Hall–Kier alpha value is -2.72. The summed E-state index contributed by atoms with van der Waals surface area (Å²) in [6, 6.07) is -0.949. The van der Waals surface area contributed by atoms with E-state index in [4.69, 9.17) is 9.47 Å². The van der Waals surface area contributed by atoms with Crippen molar-refractivity contribution in [1.29, 1.82) is 0 Å². The number of nitrogens with zero attached hydrogens (tertiary/aromatic N) is 2. The Labute approximate surface area is 231 Å². The Bertz CT molecular complexity index is 938. The third kappa shape index (κ3) is 6.38. The van der Waals surface area contributed by atoms with E-state index in [0.717, 1.165) is 0 Å². The van der Waals surface area contributed by atoms with Crippen molar-refractivity contribution in [2.45, 2.75) is 95.6 Å². The number of carbonyl (C=O) groups is 4. The Morgan fingerprint density at radius 2 is 1.97 bits per heavy atom. The highest BCUT2D eigenvalue weighted by Gasteiger charge is 2.75. The molecule has 3 fully saturated rings. The highest BCUT2D eigenvalue weighted by molar-refractivity contribution is 5.98. The molecular weight excluding hydrogens is 502 g/mol. The van der Waals surface area contributed by atoms with Gasteiger partial charge in [0.1, 0.15) is 17.7 Å². The summed E-state index contributed by atoms with van der Waals surface area (Å²) in [5.74, 6) is -2.76. The first-order chi connectivity index (χ1) is 18.6. The van der Waals surface area contributed by atoms with E-state index in [9.17, 15) is 24.3 Å². The van der Waals surface area contributed by atoms with Crippen molar-refractivity contribution in [3.63, 3.8) is 0 Å². The number of hydrogen-bond acceptors (Lipinski definition) is 7. The molecule has 3 aliphatic rings. The maximum Gasteiger partial charge on any atom is 0.312 e. The van der Waals surface area contributed by atoms with Crippen molar-refractivity contribution in [3.05, 3.63) is 25.3 Å². The van der Waals surface area contributed by atoms with Gasteiger partial charge in [0.15, 0.2) is 0 Å². The van der Waals surface area contributed by atoms with Crippen LogP contribution < -0.4 is 5.32 Å². The van der Waals surface area contributed by atoms with Crippen LogP contribution in [0.5, 0.6) is 0 Å². The predicted molar refractivity (Wildman–Crippen MR) is 145 cm³/mol. The van der Waals surface area contributed by atoms with Crippen molar-refractivity contribution in [3.8, 4) is 0 Å². The summed E-state index contributed by atoms with van der Waals surface area (Å²) in [7, 11) is 0. The molecule has 0 aromatic heterocycles. The molecule has 10 nitrogen and oxygen atoms in total. The summed E-state index contributed by atoms with van der Waals surface area (Å²) in [4.78, 5) is 56.6. The fourth-order valence-electron chi connectivity index (χ4n) is 6.26. The number of hydrogen-bond donors (Lipinski definition) is 2. The van der Waals surface area contributed by atoms with E-state index in [1.165, 1.54) is 0 Å². The van der Waals surface area contributed by atoms with Crippen molar-refractivity contribution in [1.82, 2.24) is 15.1 Å². The van der Waals surface area contributed by atoms with Gasteiger partial charge in [-0.15, -0.1) is 13.2 Å². The van der Waals surface area contributed by atoms with Crippen LogP contribution in [0.2, 0.25) is 0 Å². The average molecular weight is 548 g/mol. The van der Waals surface area contributed by atoms with Gasteiger partial charge in [-0.2, -0.15) is 0 Å². The highest BCUT2D eigenvalue weighted by atomic mass is 16.6. The van der Waals surface area contributed by atoms with E-state index in [0.29, 0.717) is 58.0 Å². The second kappa shape index (κ2) is 13.6. The lowest BCUT2D eigenvalue weighted by atomic mass is 9.70. The first-order valence-corrected chi connectivity index (χ1v) is 14.2. The zero-order valence-electron chi connectivity index (χ0n) is 23.6. The monoisotopic (exact) mass is 547 g/mol. The summed E-state index contributed by atoms with van der Waals surface area (Å²) in [6.07, 6.45) is 6.13. The van der Waals surface area contributed by atoms with Crippen LogP contribution in [0.1, 0.15) is 65.7 Å². The number of ether oxygens (including phenoxy) is 2. The Balaban J connectivity index is 1.82. The van der Waals surface area contributed by atoms with Gasteiger partial charge in [0.05, 0.1) is 24.5 Å². The molecule has 2 N–H and O–H groups in total. The molecule has 3 rings (SSSR count). The SMILES string of the molecule is C=CCCC(=O)NC[C@H](C)OC(=O)[C@@H]1[C@@H]2CC[C@]3(O2)[C@H](C(=O)N(CC=C)C(C)C)N(CCCCCO)C(=O)[C@@H]13. The molecule has 0 unspecified atom stereocenters. The van der Waals surface area contributed by atoms with Crippen LogP contribution in [0.15, 0.2) is 25.3 Å². The number of esters is 1. The molecular formula is C29H45N3O7. The predicted octanol–water partition coefficient (Wildman–Crippen LogP) is 1.96. The molecule has 3 heterocycles. The van der Waals surface area contributed by atoms with E-state index < -0.39 is 41.7 Å². The molecule has 3 amide bonds. The number of nitrogens with one attached hydrogen (secondary N) is 1. The van der Waals surface area contributed by atoms with Gasteiger partial charge in [0.2, 0.25) is 17.7 Å². The molecule has 0 saturated carbocycles. The standard InChI is InChI=1S/C29H45N3O7/c1-6-8-12-22(34)30-18-20(5)38-28(37)23-21-13-14-29(39-21)24(23)26(35)32(16-10-9-11-17-33)25(29)27(36)31(15-7-2)19(3)4/h6-7,19-21,23-25,33H,1-2,8-18H2,3-5H3,(H,30,34)/t20-,21-,23+,24+,25-,29+/m0/s1. The molecule has 218 valence electrons. The van der Waals surface area contributed by atoms with Crippen LogP contribution in [0.3, 0.4) is 0 Å². The van der Waals surface area contributed by atoms with Gasteiger partial charge in [0.25, 0.3) is 0 Å². The molecule has 1 spiro atoms. The van der Waals surface area contributed by atoms with Crippen LogP contribution in [-0.2, 0) is 28.7 Å². The number of rotatable bonds is 16. The number of allylic oxidation sites excluding steroid dienone is 1. The maximum atomic E-state index is 14.0. The molecule has 0 aromatic carbocycles. The minimum absolute atomic E-state index is 0.0644. The van der Waals surface area contributed by atoms with Gasteiger partial charge >= 0.3 is 5.97 Å². The molecule has 10 heteroatoms. The van der Waals surface area contributed by atoms with Gasteiger partial charge in [-0.1, -0.05) is 12.2 Å². The zero-order chi connectivity index (χ0) is 28.7. The number of amides is 3. The minimum atomic E-state index is -1.09. The van der Waals surface area contributed by atoms with E-state index in [1.54, 1.807) is 28.9 Å². The van der Waals surface area contributed by atoms with Crippen LogP contribution in [-0.4, -0.2) is 94.7 Å². The van der Waals surface area contributed by atoms with E-state index >= 15 is 0 Å². The number of unbranched alkanes of at least 4 members (excludes halogenated alkanes) is 2. The second-order valence-corrected chi connectivity index (χ2v) is 11.1. The van der Waals surface area contributed by atoms with Crippen LogP contribution in [0.4, 0.5) is 0 Å². The Morgan fingerprint density at radius 3 is 2.62 bits per heavy atom. The van der Waals surface area contributed by atoms with Crippen LogP contribution in [0.25, 0.3) is 0 Å². The summed E-state index contributed by atoms with van der Waals surface area (Å²) in [5, 5.41) is 11.9. The molecule has 0 aliphatic carbocycles. The van der Waals surface area contributed by atoms with Gasteiger partial charge in [0, 0.05) is 32.2 Å². The van der Waals surface area contributed by atoms with E-state index in [1.807, 2.05) is 13.8 Å². The van der Waals surface area contributed by atoms with Gasteiger partial charge < -0.3 is 29.7 Å². The Morgan fingerprint density at radius 1 is 1.23 bits per heavy atom. The lowest BCUT2D eigenvalue weighted by Crippen LogP contribution is -2.57. The fourth-order valence-corrected chi connectivity index (χ4v) is 6.26. The summed E-state index contributed by atoms with van der Waals surface area (Å²) in [6.45, 7) is 13.8. The molecule has 6 atom stereocenters. The zero-order valence-corrected chi connectivity index (χ0v) is 23.6. The average Bonchev–Trinajstić information content (AvgIpc) is 3.54. The van der Waals surface area contributed by atoms with Crippen molar-refractivity contribution in [2.24, 2.45) is 11.8 Å². The first-order valence-electron chi connectivity index (χ1n) is 14.2. The van der Waals surface area contributed by atoms with Crippen molar-refractivity contribution < 1.29 is 33.8 Å². The molecule has 2 bridgehead atoms. The molecule has 3 aliphatic heterocycles. The third-order valence-corrected chi connectivity index (χ3v) is 8.08. The minimum Gasteiger partial charge on any atom is -0.460 e. The lowest BCUT2D eigenvalue weighted by molar-refractivity contribution is -0.159. The van der Waals surface area contributed by atoms with Gasteiger partial charge in [-0.3, -0.25) is 19.2 Å². The highest BCUT2D eigenvalue weighted by Crippen LogP contribution is 2.59. The molecule has 0 radical (unpaired) electrons. The van der Waals surface area contributed by atoms with Gasteiger partial charge in [-0.05, 0) is 59.3 Å². The number of carbonyl (C=O) groups excluding carboxylic acids is 4. The van der Waals surface area contributed by atoms with Crippen LogP contribution in [0, 0.1) is 11.8 Å². The molecule has 0 aromatic rings. The summed E-state index contributed by atoms with van der Waals surface area (Å²) in [5.41, 5.74) is -1.09. The summed E-state index contributed by atoms with van der Waals surface area (Å²) >= 11 is 0. The molecule has 39 heavy (non-hydrogen) atoms. The number of likely N-dealkylation sites (tertiary alicyclic amines) is 1. The normalized spacial score (nSPS) is 27.8. The van der Waals surface area contributed by atoms with E-state index in [-0.39, 0.29) is 36.9 Å². The number of aliphatic hydroxyl groups is 1. The quantitative estimate of drug-likeness (QED) is 0.172. The van der Waals surface area contributed by atoms with E-state index in [2.05, 4.69) is 18.5 Å². The lowest BCUT2D eigenvalue weighted by Gasteiger charge is -2.38. The van der Waals surface area contributed by atoms with Crippen molar-refractivity contribution in [2.75, 3.05) is 26.2 Å².